The molecule has 0 saturated carbocycles. The first-order valence-electron chi connectivity index (χ1n) is 9.86. The van der Waals surface area contributed by atoms with Crippen LogP contribution >= 0.6 is 11.6 Å². The lowest BCUT2D eigenvalue weighted by molar-refractivity contribution is -0.119. The lowest BCUT2D eigenvalue weighted by Crippen LogP contribution is -2.35. The molecule has 0 spiro atoms. The normalized spacial score (nSPS) is 11.6. The molecule has 0 aliphatic heterocycles. The molecule has 0 aliphatic carbocycles. The third-order valence-corrected chi connectivity index (χ3v) is 5.11. The molecule has 3 aromatic rings. The van der Waals surface area contributed by atoms with E-state index in [-0.39, 0.29) is 5.69 Å². The average molecular weight is 439 g/mol. The standard InChI is InChI=1S/C23H23ClN4O3/c1-4-16-9-11-17(12-10-16)20-13-21(25-15(3)29)23(31)28(27-20)14(2)22(30)26-19-8-6-5-7-18(19)24/h5-14H,4H2,1-3H3,(H,25,29)(H,26,30)/t14-/m1/s1. The molecule has 7 nitrogen and oxygen atoms in total. The number of carbonyl (C=O) groups excluding carboxylic acids is 2. The number of benzene rings is 2. The lowest BCUT2D eigenvalue weighted by atomic mass is 10.1. The van der Waals surface area contributed by atoms with Crippen molar-refractivity contribution < 1.29 is 9.59 Å². The number of hydrogen-bond acceptors (Lipinski definition) is 4. The molecular formula is C23H23ClN4O3. The average Bonchev–Trinajstić information content (AvgIpc) is 2.76. The van der Waals surface area contributed by atoms with Crippen molar-refractivity contribution in [1.29, 1.82) is 0 Å². The molecule has 0 saturated heterocycles. The fraction of sp³-hybridized carbons (Fsp3) is 0.217. The van der Waals surface area contributed by atoms with Gasteiger partial charge in [-0.2, -0.15) is 5.10 Å². The van der Waals surface area contributed by atoms with Gasteiger partial charge in [-0.25, -0.2) is 4.68 Å². The zero-order valence-electron chi connectivity index (χ0n) is 17.5. The number of para-hydroxylation sites is 1. The Morgan fingerprint density at radius 1 is 1.06 bits per heavy atom. The van der Waals surface area contributed by atoms with Crippen molar-refractivity contribution in [2.75, 3.05) is 10.6 Å². The highest BCUT2D eigenvalue weighted by atomic mass is 35.5. The molecule has 31 heavy (non-hydrogen) atoms. The second-order valence-corrected chi connectivity index (χ2v) is 7.48. The fourth-order valence-corrected chi connectivity index (χ4v) is 3.20. The molecule has 8 heteroatoms. The molecule has 2 amide bonds. The summed E-state index contributed by atoms with van der Waals surface area (Å²) in [7, 11) is 0. The van der Waals surface area contributed by atoms with Crippen molar-refractivity contribution in [2.24, 2.45) is 0 Å². The van der Waals surface area contributed by atoms with Gasteiger partial charge in [0.2, 0.25) is 11.8 Å². The first-order chi connectivity index (χ1) is 14.8. The van der Waals surface area contributed by atoms with Gasteiger partial charge in [0.1, 0.15) is 11.7 Å². The summed E-state index contributed by atoms with van der Waals surface area (Å²) in [6.45, 7) is 4.93. The number of anilines is 2. The van der Waals surface area contributed by atoms with Crippen molar-refractivity contribution in [3.63, 3.8) is 0 Å². The third kappa shape index (κ3) is 5.19. The lowest BCUT2D eigenvalue weighted by Gasteiger charge is -2.17. The Morgan fingerprint density at radius 3 is 2.35 bits per heavy atom. The van der Waals surface area contributed by atoms with Crippen LogP contribution < -0.4 is 16.2 Å². The van der Waals surface area contributed by atoms with E-state index < -0.39 is 23.4 Å². The van der Waals surface area contributed by atoms with Gasteiger partial charge in [0.05, 0.1) is 16.4 Å². The van der Waals surface area contributed by atoms with Crippen LogP contribution in [-0.2, 0) is 16.0 Å². The second kappa shape index (κ2) is 9.57. The summed E-state index contributed by atoms with van der Waals surface area (Å²) in [4.78, 5) is 37.4. The number of amides is 2. The van der Waals surface area contributed by atoms with Gasteiger partial charge in [-0.3, -0.25) is 14.4 Å². The summed E-state index contributed by atoms with van der Waals surface area (Å²) in [5.74, 6) is -0.856. The molecule has 0 bridgehead atoms. The zero-order valence-corrected chi connectivity index (χ0v) is 18.2. The summed E-state index contributed by atoms with van der Waals surface area (Å²) in [6, 6.07) is 15.1. The third-order valence-electron chi connectivity index (χ3n) is 4.78. The largest absolute Gasteiger partial charge is 0.323 e. The molecule has 1 aromatic heterocycles. The van der Waals surface area contributed by atoms with E-state index >= 15 is 0 Å². The predicted octanol–water partition coefficient (Wildman–Crippen LogP) is 4.28. The summed E-state index contributed by atoms with van der Waals surface area (Å²) in [6.07, 6.45) is 0.892. The summed E-state index contributed by atoms with van der Waals surface area (Å²) < 4.78 is 1.07. The van der Waals surface area contributed by atoms with Crippen LogP contribution in [0, 0.1) is 0 Å². The Balaban J connectivity index is 2.02. The Labute approximate surface area is 185 Å². The molecule has 3 rings (SSSR count). The van der Waals surface area contributed by atoms with Crippen LogP contribution in [0.25, 0.3) is 11.3 Å². The van der Waals surface area contributed by atoms with Crippen molar-refractivity contribution >= 4 is 34.8 Å². The molecular weight excluding hydrogens is 416 g/mol. The Bertz CT molecular complexity index is 1170. The molecule has 0 fully saturated rings. The Hall–Kier alpha value is -3.45. The Morgan fingerprint density at radius 2 is 1.74 bits per heavy atom. The molecule has 2 aromatic carbocycles. The summed E-state index contributed by atoms with van der Waals surface area (Å²) in [5.41, 5.74) is 2.29. The van der Waals surface area contributed by atoms with Gasteiger partial charge in [0.25, 0.3) is 5.56 Å². The number of nitrogens with one attached hydrogen (secondary N) is 2. The van der Waals surface area contributed by atoms with Crippen LogP contribution in [-0.4, -0.2) is 21.6 Å². The van der Waals surface area contributed by atoms with E-state index in [9.17, 15) is 14.4 Å². The van der Waals surface area contributed by atoms with Gasteiger partial charge in [0.15, 0.2) is 0 Å². The maximum atomic E-state index is 12.9. The number of carbonyl (C=O) groups is 2. The molecule has 0 aliphatic rings. The maximum Gasteiger partial charge on any atom is 0.291 e. The topological polar surface area (TPSA) is 93.1 Å². The van der Waals surface area contributed by atoms with Gasteiger partial charge in [0, 0.05) is 12.5 Å². The number of halogens is 1. The van der Waals surface area contributed by atoms with Crippen LogP contribution in [0.3, 0.4) is 0 Å². The van der Waals surface area contributed by atoms with Crippen molar-refractivity contribution in [3.05, 3.63) is 75.5 Å². The highest BCUT2D eigenvalue weighted by molar-refractivity contribution is 6.33. The van der Waals surface area contributed by atoms with Crippen LogP contribution in [0.2, 0.25) is 5.02 Å². The van der Waals surface area contributed by atoms with Crippen LogP contribution in [0.15, 0.2) is 59.4 Å². The summed E-state index contributed by atoms with van der Waals surface area (Å²) in [5, 5.41) is 10.0. The number of hydrogen-bond donors (Lipinski definition) is 2. The van der Waals surface area contributed by atoms with Crippen molar-refractivity contribution in [1.82, 2.24) is 9.78 Å². The number of aryl methyl sites for hydroxylation is 1. The highest BCUT2D eigenvalue weighted by Gasteiger charge is 2.21. The van der Waals surface area contributed by atoms with E-state index in [2.05, 4.69) is 22.7 Å². The number of nitrogens with zero attached hydrogens (tertiary/aromatic N) is 2. The van der Waals surface area contributed by atoms with Crippen molar-refractivity contribution in [2.45, 2.75) is 33.2 Å². The van der Waals surface area contributed by atoms with E-state index in [1.807, 2.05) is 24.3 Å². The highest BCUT2D eigenvalue weighted by Crippen LogP contribution is 2.23. The second-order valence-electron chi connectivity index (χ2n) is 7.07. The Kier molecular flexibility index (Phi) is 6.87. The maximum absolute atomic E-state index is 12.9. The fourth-order valence-electron chi connectivity index (χ4n) is 3.02. The first-order valence-corrected chi connectivity index (χ1v) is 10.2. The van der Waals surface area contributed by atoms with E-state index in [1.54, 1.807) is 31.2 Å². The van der Waals surface area contributed by atoms with Crippen LogP contribution in [0.5, 0.6) is 0 Å². The van der Waals surface area contributed by atoms with Gasteiger partial charge < -0.3 is 10.6 Å². The number of aromatic nitrogens is 2. The van der Waals surface area contributed by atoms with E-state index in [0.717, 1.165) is 22.2 Å². The SMILES string of the molecule is CCc1ccc(-c2cc(NC(C)=O)c(=O)n([C@H](C)C(=O)Nc3ccccc3Cl)n2)cc1. The first kappa shape index (κ1) is 22.2. The minimum atomic E-state index is -0.953. The van der Waals surface area contributed by atoms with Gasteiger partial charge >= 0.3 is 0 Å². The minimum Gasteiger partial charge on any atom is -0.323 e. The van der Waals surface area contributed by atoms with E-state index in [1.165, 1.54) is 13.0 Å². The van der Waals surface area contributed by atoms with Crippen LogP contribution in [0.4, 0.5) is 11.4 Å². The molecule has 2 N–H and O–H groups in total. The molecule has 0 radical (unpaired) electrons. The van der Waals surface area contributed by atoms with Gasteiger partial charge in [-0.1, -0.05) is 54.9 Å². The van der Waals surface area contributed by atoms with E-state index in [0.29, 0.717) is 16.4 Å². The molecule has 1 heterocycles. The predicted molar refractivity (Wildman–Crippen MR) is 122 cm³/mol. The van der Waals surface area contributed by atoms with Crippen molar-refractivity contribution in [3.8, 4) is 11.3 Å². The monoisotopic (exact) mass is 438 g/mol. The van der Waals surface area contributed by atoms with Gasteiger partial charge in [-0.15, -0.1) is 0 Å². The molecule has 160 valence electrons. The quantitative estimate of drug-likeness (QED) is 0.600. The molecule has 1 atom stereocenters. The summed E-state index contributed by atoms with van der Waals surface area (Å²) >= 11 is 6.12. The van der Waals surface area contributed by atoms with Crippen LogP contribution in [0.1, 0.15) is 32.4 Å². The molecule has 0 unspecified atom stereocenters. The smallest absolute Gasteiger partial charge is 0.291 e. The van der Waals surface area contributed by atoms with E-state index in [4.69, 9.17) is 11.6 Å². The van der Waals surface area contributed by atoms with Gasteiger partial charge in [-0.05, 0) is 37.1 Å². The number of rotatable bonds is 6. The zero-order chi connectivity index (χ0) is 22.5. The minimum absolute atomic E-state index is 0.0504.